The Bertz CT molecular complexity index is 681. The molecule has 1 N–H and O–H groups in total. The molecular formula is C18H18FNO2. The van der Waals surface area contributed by atoms with Crippen molar-refractivity contribution < 1.29 is 13.9 Å². The Balaban J connectivity index is 1.67. The zero-order chi connectivity index (χ0) is 15.6. The van der Waals surface area contributed by atoms with E-state index in [-0.39, 0.29) is 17.1 Å². The second-order valence-corrected chi connectivity index (χ2v) is 5.68. The molecule has 1 fully saturated rings. The Morgan fingerprint density at radius 2 is 1.95 bits per heavy atom. The molecule has 1 amide bonds. The third-order valence-corrected chi connectivity index (χ3v) is 4.24. The molecule has 3 nitrogen and oxygen atoms in total. The van der Waals surface area contributed by atoms with Crippen LogP contribution < -0.4 is 10.1 Å². The Morgan fingerprint density at radius 3 is 2.55 bits per heavy atom. The van der Waals surface area contributed by atoms with Crippen LogP contribution in [0.4, 0.5) is 4.39 Å². The Kier molecular flexibility index (Phi) is 3.84. The van der Waals surface area contributed by atoms with E-state index >= 15 is 0 Å². The maximum atomic E-state index is 13.7. The van der Waals surface area contributed by atoms with E-state index in [9.17, 15) is 9.18 Å². The molecule has 0 saturated heterocycles. The van der Waals surface area contributed by atoms with Gasteiger partial charge in [-0.25, -0.2) is 4.39 Å². The summed E-state index contributed by atoms with van der Waals surface area (Å²) in [6.07, 6.45) is 2.13. The van der Waals surface area contributed by atoms with E-state index in [1.165, 1.54) is 24.8 Å². The molecule has 0 aromatic heterocycles. The van der Waals surface area contributed by atoms with Crippen molar-refractivity contribution in [2.75, 3.05) is 13.7 Å². The van der Waals surface area contributed by atoms with Crippen LogP contribution >= 0.6 is 0 Å². The van der Waals surface area contributed by atoms with Gasteiger partial charge < -0.3 is 10.1 Å². The Labute approximate surface area is 129 Å². The van der Waals surface area contributed by atoms with Crippen LogP contribution in [0.3, 0.4) is 0 Å². The summed E-state index contributed by atoms with van der Waals surface area (Å²) in [7, 11) is 1.40. The minimum Gasteiger partial charge on any atom is -0.494 e. The first-order chi connectivity index (χ1) is 10.6. The fraction of sp³-hybridized carbons (Fsp3) is 0.278. The summed E-state index contributed by atoms with van der Waals surface area (Å²) in [4.78, 5) is 12.2. The first-order valence-corrected chi connectivity index (χ1v) is 7.32. The van der Waals surface area contributed by atoms with E-state index < -0.39 is 5.82 Å². The molecule has 22 heavy (non-hydrogen) atoms. The number of halogens is 1. The van der Waals surface area contributed by atoms with Crippen LogP contribution in [0.15, 0.2) is 48.5 Å². The normalized spacial score (nSPS) is 15.2. The van der Waals surface area contributed by atoms with Crippen molar-refractivity contribution in [2.45, 2.75) is 18.3 Å². The van der Waals surface area contributed by atoms with Gasteiger partial charge in [0.15, 0.2) is 11.6 Å². The van der Waals surface area contributed by atoms with Crippen LogP contribution in [0, 0.1) is 5.82 Å². The fourth-order valence-electron chi connectivity index (χ4n) is 2.67. The van der Waals surface area contributed by atoms with Gasteiger partial charge in [-0.1, -0.05) is 30.3 Å². The van der Waals surface area contributed by atoms with E-state index in [2.05, 4.69) is 17.4 Å². The molecule has 4 heteroatoms. The zero-order valence-corrected chi connectivity index (χ0v) is 12.4. The van der Waals surface area contributed by atoms with Crippen LogP contribution in [0.2, 0.25) is 0 Å². The van der Waals surface area contributed by atoms with E-state index in [4.69, 9.17) is 4.74 Å². The molecule has 0 radical (unpaired) electrons. The highest BCUT2D eigenvalue weighted by Crippen LogP contribution is 2.47. The Morgan fingerprint density at radius 1 is 1.23 bits per heavy atom. The molecule has 1 aliphatic rings. The molecule has 0 unspecified atom stereocenters. The van der Waals surface area contributed by atoms with Gasteiger partial charge >= 0.3 is 0 Å². The molecule has 0 atom stereocenters. The van der Waals surface area contributed by atoms with Gasteiger partial charge in [0.05, 0.1) is 7.11 Å². The van der Waals surface area contributed by atoms with Crippen LogP contribution in [-0.2, 0) is 5.41 Å². The number of carbonyl (C=O) groups is 1. The molecule has 0 heterocycles. The lowest BCUT2D eigenvalue weighted by Crippen LogP contribution is -2.32. The number of hydrogen-bond acceptors (Lipinski definition) is 2. The largest absolute Gasteiger partial charge is 0.494 e. The monoisotopic (exact) mass is 299 g/mol. The summed E-state index contributed by atoms with van der Waals surface area (Å²) in [5, 5.41) is 2.92. The number of nitrogens with one attached hydrogen (secondary N) is 1. The number of hydrogen-bond donors (Lipinski definition) is 1. The van der Waals surface area contributed by atoms with Crippen LogP contribution in [0.1, 0.15) is 28.8 Å². The molecule has 2 aromatic carbocycles. The lowest BCUT2D eigenvalue weighted by Gasteiger charge is -2.16. The third-order valence-electron chi connectivity index (χ3n) is 4.24. The SMILES string of the molecule is COc1ccc(C(=O)NCC2(c3ccccc3)CC2)cc1F. The summed E-state index contributed by atoms with van der Waals surface area (Å²) in [6.45, 7) is 0.573. The van der Waals surface area contributed by atoms with Gasteiger partial charge in [0, 0.05) is 17.5 Å². The first kappa shape index (κ1) is 14.6. The number of carbonyl (C=O) groups excluding carboxylic acids is 1. The number of methoxy groups -OCH3 is 1. The highest BCUT2D eigenvalue weighted by Gasteiger charge is 2.44. The predicted molar refractivity (Wildman–Crippen MR) is 82.6 cm³/mol. The van der Waals surface area contributed by atoms with Gasteiger partial charge in [0.2, 0.25) is 0 Å². The second-order valence-electron chi connectivity index (χ2n) is 5.68. The van der Waals surface area contributed by atoms with Gasteiger partial charge in [-0.2, -0.15) is 0 Å². The first-order valence-electron chi connectivity index (χ1n) is 7.32. The number of ether oxygens (including phenoxy) is 1. The lowest BCUT2D eigenvalue weighted by atomic mass is 9.96. The molecule has 0 aliphatic heterocycles. The van der Waals surface area contributed by atoms with Gasteiger partial charge in [0.25, 0.3) is 5.91 Å². The average Bonchev–Trinajstić information content (AvgIpc) is 3.34. The number of rotatable bonds is 5. The number of benzene rings is 2. The average molecular weight is 299 g/mol. The summed E-state index contributed by atoms with van der Waals surface area (Å²) < 4.78 is 18.5. The molecule has 3 rings (SSSR count). The van der Waals surface area contributed by atoms with Gasteiger partial charge in [0.1, 0.15) is 0 Å². The highest BCUT2D eigenvalue weighted by molar-refractivity contribution is 5.94. The molecule has 2 aromatic rings. The predicted octanol–water partition coefficient (Wildman–Crippen LogP) is 3.30. The van der Waals surface area contributed by atoms with Crippen molar-refractivity contribution in [2.24, 2.45) is 0 Å². The lowest BCUT2D eigenvalue weighted by molar-refractivity contribution is 0.0949. The number of amides is 1. The summed E-state index contributed by atoms with van der Waals surface area (Å²) in [6, 6.07) is 14.4. The molecule has 1 aliphatic carbocycles. The standard InChI is InChI=1S/C18H18FNO2/c1-22-16-8-7-13(11-15(16)19)17(21)20-12-18(9-10-18)14-5-3-2-4-6-14/h2-8,11H,9-10,12H2,1H3,(H,20,21). The Hall–Kier alpha value is -2.36. The van der Waals surface area contributed by atoms with Crippen LogP contribution in [0.5, 0.6) is 5.75 Å². The third kappa shape index (κ3) is 2.82. The topological polar surface area (TPSA) is 38.3 Å². The zero-order valence-electron chi connectivity index (χ0n) is 12.4. The molecule has 114 valence electrons. The summed E-state index contributed by atoms with van der Waals surface area (Å²) in [5.74, 6) is -0.650. The van der Waals surface area contributed by atoms with Crippen molar-refractivity contribution in [1.29, 1.82) is 0 Å². The molecular weight excluding hydrogens is 281 g/mol. The highest BCUT2D eigenvalue weighted by atomic mass is 19.1. The van der Waals surface area contributed by atoms with Gasteiger partial charge in [-0.15, -0.1) is 0 Å². The smallest absolute Gasteiger partial charge is 0.251 e. The molecule has 0 bridgehead atoms. The fourth-order valence-corrected chi connectivity index (χ4v) is 2.67. The molecule has 0 spiro atoms. The van der Waals surface area contributed by atoms with E-state index in [0.717, 1.165) is 12.8 Å². The molecule has 1 saturated carbocycles. The van der Waals surface area contributed by atoms with E-state index in [1.54, 1.807) is 6.07 Å². The van der Waals surface area contributed by atoms with Crippen molar-refractivity contribution in [1.82, 2.24) is 5.32 Å². The van der Waals surface area contributed by atoms with Crippen molar-refractivity contribution in [3.05, 3.63) is 65.5 Å². The maximum absolute atomic E-state index is 13.7. The summed E-state index contributed by atoms with van der Waals surface area (Å²) in [5.41, 5.74) is 1.60. The van der Waals surface area contributed by atoms with Gasteiger partial charge in [-0.3, -0.25) is 4.79 Å². The van der Waals surface area contributed by atoms with Crippen molar-refractivity contribution in [3.8, 4) is 5.75 Å². The van der Waals surface area contributed by atoms with Crippen molar-refractivity contribution >= 4 is 5.91 Å². The second kappa shape index (κ2) is 5.79. The van der Waals surface area contributed by atoms with Crippen molar-refractivity contribution in [3.63, 3.8) is 0 Å². The van der Waals surface area contributed by atoms with Gasteiger partial charge in [-0.05, 0) is 36.6 Å². The van der Waals surface area contributed by atoms with E-state index in [0.29, 0.717) is 12.1 Å². The maximum Gasteiger partial charge on any atom is 0.251 e. The van der Waals surface area contributed by atoms with E-state index in [1.807, 2.05) is 18.2 Å². The van der Waals surface area contributed by atoms with Crippen LogP contribution in [0.25, 0.3) is 0 Å². The minimum atomic E-state index is -0.528. The van der Waals surface area contributed by atoms with Crippen LogP contribution in [-0.4, -0.2) is 19.6 Å². The minimum absolute atomic E-state index is 0.0436. The summed E-state index contributed by atoms with van der Waals surface area (Å²) >= 11 is 0. The quantitative estimate of drug-likeness (QED) is 0.920.